The van der Waals surface area contributed by atoms with Crippen molar-refractivity contribution in [2.75, 3.05) is 4.90 Å². The van der Waals surface area contributed by atoms with Crippen molar-refractivity contribution in [2.24, 2.45) is 0 Å². The maximum Gasteiger partial charge on any atom is 0.0645 e. The fourth-order valence-electron chi connectivity index (χ4n) is 3.70. The molecule has 0 N–H and O–H groups in total. The predicted octanol–water partition coefficient (Wildman–Crippen LogP) is 9.64. The van der Waals surface area contributed by atoms with Gasteiger partial charge in [-0.05, 0) is 75.4 Å². The first-order valence-corrected chi connectivity index (χ1v) is 10.7. The van der Waals surface area contributed by atoms with Crippen molar-refractivity contribution in [1.29, 1.82) is 0 Å². The van der Waals surface area contributed by atoms with Crippen LogP contribution in [0.15, 0.2) is 151 Å². The SMILES string of the molecule is [2H]c1c([2H])c([2H])c(-c2c([2H])c([2H])c([2H])c3c([2H])c(-c4c([2H])c([2H])c(N(c5ccccc5)c5ccccc5)c([2H])c4[2H])c([2H])c([2H])c23)c([2H])c1[2H]. The third-order valence-corrected chi connectivity index (χ3v) is 5.30. The van der Waals surface area contributed by atoms with Crippen LogP contribution in [0, 0.1) is 0 Å². The molecule has 0 aliphatic rings. The summed E-state index contributed by atoms with van der Waals surface area (Å²) in [5.74, 6) is 0. The van der Waals surface area contributed by atoms with Gasteiger partial charge in [-0.3, -0.25) is 0 Å². The standard InChI is InChI=1S/C34H25N/c1-4-11-27(12-5-1)33-18-10-13-29-25-28(21-24-34(29)33)26-19-22-32(23-20-26)35(30-14-6-2-7-15-30)31-16-8-3-9-17-31/h1-25H/i1D,4D,5D,10D,11D,12D,13D,18D,19D,20D,21D,22D,23D,24D,25D. The molecule has 35 heavy (non-hydrogen) atoms. The zero-order valence-corrected chi connectivity index (χ0v) is 18.2. The van der Waals surface area contributed by atoms with E-state index >= 15 is 0 Å². The lowest BCUT2D eigenvalue weighted by atomic mass is 9.95. The normalized spacial score (nSPS) is 16.9. The van der Waals surface area contributed by atoms with Gasteiger partial charge in [0.2, 0.25) is 0 Å². The van der Waals surface area contributed by atoms with Gasteiger partial charge in [0.05, 0.1) is 20.6 Å². The largest absolute Gasteiger partial charge is 0.311 e. The average molecular weight is 463 g/mol. The van der Waals surface area contributed by atoms with Crippen LogP contribution in [0.5, 0.6) is 0 Å². The van der Waals surface area contributed by atoms with Gasteiger partial charge in [0.15, 0.2) is 0 Å². The van der Waals surface area contributed by atoms with E-state index in [1.807, 2.05) is 0 Å². The van der Waals surface area contributed by atoms with Gasteiger partial charge in [-0.15, -0.1) is 0 Å². The van der Waals surface area contributed by atoms with Crippen molar-refractivity contribution in [3.8, 4) is 22.3 Å². The van der Waals surface area contributed by atoms with E-state index in [1.54, 1.807) is 65.6 Å². The summed E-state index contributed by atoms with van der Waals surface area (Å²) in [5, 5.41) is -0.945. The second kappa shape index (κ2) is 9.32. The second-order valence-electron chi connectivity index (χ2n) is 7.48. The number of hydrogen-bond donors (Lipinski definition) is 0. The van der Waals surface area contributed by atoms with E-state index in [-0.39, 0.29) is 5.69 Å². The number of rotatable bonds is 5. The Morgan fingerprint density at radius 2 is 1.09 bits per heavy atom. The maximum absolute atomic E-state index is 9.18. The van der Waals surface area contributed by atoms with Crippen molar-refractivity contribution >= 4 is 27.8 Å². The van der Waals surface area contributed by atoms with E-state index in [4.69, 9.17) is 19.2 Å². The van der Waals surface area contributed by atoms with Crippen LogP contribution in [0.4, 0.5) is 17.1 Å². The quantitative estimate of drug-likeness (QED) is 0.246. The first kappa shape index (κ1) is 10.3. The van der Waals surface area contributed by atoms with Crippen molar-refractivity contribution in [3.05, 3.63) is 151 Å². The number of para-hydroxylation sites is 2. The molecule has 0 saturated carbocycles. The van der Waals surface area contributed by atoms with E-state index in [1.165, 1.54) is 0 Å². The molecule has 0 unspecified atom stereocenters. The van der Waals surface area contributed by atoms with Gasteiger partial charge in [0, 0.05) is 17.1 Å². The summed E-state index contributed by atoms with van der Waals surface area (Å²) < 4.78 is 131. The minimum Gasteiger partial charge on any atom is -0.311 e. The van der Waals surface area contributed by atoms with Crippen LogP contribution in [0.3, 0.4) is 0 Å². The fourth-order valence-corrected chi connectivity index (χ4v) is 3.70. The van der Waals surface area contributed by atoms with Crippen LogP contribution in [-0.4, -0.2) is 0 Å². The Labute approximate surface area is 227 Å². The average Bonchev–Trinajstić information content (AvgIpc) is 3.11. The molecule has 6 aromatic carbocycles. The summed E-state index contributed by atoms with van der Waals surface area (Å²) in [6.45, 7) is 0. The Balaban J connectivity index is 1.72. The fraction of sp³-hybridized carbons (Fsp3) is 0. The molecule has 6 rings (SSSR count). The van der Waals surface area contributed by atoms with Crippen LogP contribution < -0.4 is 4.90 Å². The summed E-state index contributed by atoms with van der Waals surface area (Å²) in [5.41, 5.74) is -1.15. The molecule has 0 atom stereocenters. The maximum atomic E-state index is 9.18. The number of benzene rings is 6. The van der Waals surface area contributed by atoms with Gasteiger partial charge in [0.25, 0.3) is 0 Å². The van der Waals surface area contributed by atoms with Gasteiger partial charge in [0.1, 0.15) is 0 Å². The Bertz CT molecular complexity index is 2280. The van der Waals surface area contributed by atoms with Crippen LogP contribution >= 0.6 is 0 Å². The second-order valence-corrected chi connectivity index (χ2v) is 7.48. The molecule has 0 bridgehead atoms. The van der Waals surface area contributed by atoms with Crippen molar-refractivity contribution in [3.63, 3.8) is 0 Å². The molecule has 0 aliphatic heterocycles. The molecule has 0 amide bonds. The highest BCUT2D eigenvalue weighted by atomic mass is 15.1. The molecule has 0 aliphatic carbocycles. The zero-order chi connectivity index (χ0) is 36.5. The van der Waals surface area contributed by atoms with Crippen LogP contribution in [0.1, 0.15) is 20.6 Å². The van der Waals surface area contributed by atoms with Crippen LogP contribution in [0.25, 0.3) is 33.0 Å². The highest BCUT2D eigenvalue weighted by molar-refractivity contribution is 5.98. The lowest BCUT2D eigenvalue weighted by molar-refractivity contribution is 1.28. The Kier molecular flexibility index (Phi) is 2.75. The topological polar surface area (TPSA) is 3.24 Å². The Morgan fingerprint density at radius 1 is 0.457 bits per heavy atom. The summed E-state index contributed by atoms with van der Waals surface area (Å²) in [4.78, 5) is 1.54. The number of fused-ring (bicyclic) bond motifs is 1. The van der Waals surface area contributed by atoms with Gasteiger partial charge >= 0.3 is 0 Å². The molecule has 0 radical (unpaired) electrons. The smallest absolute Gasteiger partial charge is 0.0645 e. The molecule has 0 aromatic heterocycles. The third kappa shape index (κ3) is 4.20. The Hall–Kier alpha value is -4.62. The van der Waals surface area contributed by atoms with Crippen molar-refractivity contribution in [2.45, 2.75) is 0 Å². The molecule has 1 nitrogen and oxygen atoms in total. The first-order chi connectivity index (χ1) is 23.6. The van der Waals surface area contributed by atoms with Crippen LogP contribution in [-0.2, 0) is 0 Å². The highest BCUT2D eigenvalue weighted by Crippen LogP contribution is 2.36. The van der Waals surface area contributed by atoms with Gasteiger partial charge in [-0.1, -0.05) is 109 Å². The minimum atomic E-state index is -0.785. The van der Waals surface area contributed by atoms with Gasteiger partial charge in [-0.2, -0.15) is 0 Å². The summed E-state index contributed by atoms with van der Waals surface area (Å²) >= 11 is 0. The number of nitrogens with zero attached hydrogens (tertiary/aromatic N) is 1. The molecule has 0 spiro atoms. The zero-order valence-electron chi connectivity index (χ0n) is 33.2. The number of anilines is 3. The molecule has 1 heteroatoms. The molecule has 0 fully saturated rings. The molecule has 0 heterocycles. The van der Waals surface area contributed by atoms with Gasteiger partial charge < -0.3 is 4.90 Å². The van der Waals surface area contributed by atoms with E-state index in [0.29, 0.717) is 11.4 Å². The first-order valence-electron chi connectivity index (χ1n) is 18.2. The monoisotopic (exact) mass is 462 g/mol. The summed E-state index contributed by atoms with van der Waals surface area (Å²) in [7, 11) is 0. The minimum absolute atomic E-state index is 0.122. The van der Waals surface area contributed by atoms with Crippen molar-refractivity contribution in [1.82, 2.24) is 0 Å². The lowest BCUT2D eigenvalue weighted by Gasteiger charge is -2.25. The molecule has 0 saturated heterocycles. The van der Waals surface area contributed by atoms with Crippen molar-refractivity contribution < 1.29 is 20.6 Å². The Morgan fingerprint density at radius 3 is 1.74 bits per heavy atom. The van der Waals surface area contributed by atoms with E-state index < -0.39 is 124 Å². The van der Waals surface area contributed by atoms with Gasteiger partial charge in [-0.25, -0.2) is 0 Å². The molecular weight excluding hydrogens is 422 g/mol. The lowest BCUT2D eigenvalue weighted by Crippen LogP contribution is -2.09. The van der Waals surface area contributed by atoms with E-state index in [9.17, 15) is 1.37 Å². The van der Waals surface area contributed by atoms with Crippen LogP contribution in [0.2, 0.25) is 0 Å². The molecule has 166 valence electrons. The molecular formula is C34H25N. The number of hydrogen-bond acceptors (Lipinski definition) is 1. The molecule has 6 aromatic rings. The van der Waals surface area contributed by atoms with E-state index in [0.717, 1.165) is 0 Å². The summed E-state index contributed by atoms with van der Waals surface area (Å²) in [6.07, 6.45) is 0. The van der Waals surface area contributed by atoms with E-state index in [2.05, 4.69) is 0 Å². The predicted molar refractivity (Wildman–Crippen MR) is 150 cm³/mol. The summed E-state index contributed by atoms with van der Waals surface area (Å²) in [6, 6.07) is 6.93. The highest BCUT2D eigenvalue weighted by Gasteiger charge is 2.12. The third-order valence-electron chi connectivity index (χ3n) is 5.30.